The smallest absolute Gasteiger partial charge is 0.417 e. The van der Waals surface area contributed by atoms with E-state index in [1.807, 2.05) is 0 Å². The fourth-order valence-corrected chi connectivity index (χ4v) is 3.82. The van der Waals surface area contributed by atoms with Crippen LogP contribution in [0, 0.1) is 5.92 Å². The third-order valence-electron chi connectivity index (χ3n) is 4.41. The van der Waals surface area contributed by atoms with Crippen LogP contribution in [0.1, 0.15) is 30.5 Å². The number of halogens is 8. The van der Waals surface area contributed by atoms with Crippen molar-refractivity contribution < 1.29 is 50.1 Å². The molecule has 0 saturated heterocycles. The van der Waals surface area contributed by atoms with Gasteiger partial charge in [-0.1, -0.05) is 35.4 Å². The highest BCUT2D eigenvalue weighted by Crippen LogP contribution is 2.43. The Labute approximate surface area is 216 Å². The molecule has 0 aliphatic carbocycles. The largest absolute Gasteiger partial charge is 0.465 e. The van der Waals surface area contributed by atoms with Crippen LogP contribution in [0.4, 0.5) is 26.3 Å². The average Bonchev–Trinajstić information content (AvgIpc) is 2.75. The van der Waals surface area contributed by atoms with Crippen LogP contribution in [0.25, 0.3) is 0 Å². The molecule has 36 heavy (non-hydrogen) atoms. The summed E-state index contributed by atoms with van der Waals surface area (Å²) >= 11 is 16.8. The van der Waals surface area contributed by atoms with Crippen molar-refractivity contribution >= 4 is 52.2 Å². The highest BCUT2D eigenvalue weighted by Gasteiger charge is 2.41. The number of benzene rings is 2. The number of rotatable bonds is 8. The van der Waals surface area contributed by atoms with Gasteiger partial charge < -0.3 is 14.2 Å². The highest BCUT2D eigenvalue weighted by atomic mass is 35.5. The zero-order chi connectivity index (χ0) is 27.4. The van der Waals surface area contributed by atoms with Crippen LogP contribution in [-0.4, -0.2) is 30.0 Å². The second-order valence-corrected chi connectivity index (χ2v) is 8.13. The lowest BCUT2D eigenvalue weighted by molar-refractivity contribution is -0.158. The molecule has 196 valence electrons. The lowest BCUT2D eigenvalue weighted by Gasteiger charge is -2.20. The summed E-state index contributed by atoms with van der Waals surface area (Å²) in [7, 11) is 0. The lowest BCUT2D eigenvalue weighted by Crippen LogP contribution is -2.35. The number of ether oxygens (including phenoxy) is 3. The Balaban J connectivity index is 2.61. The Bertz CT molecular complexity index is 1130. The van der Waals surface area contributed by atoms with Crippen molar-refractivity contribution in [3.8, 4) is 11.5 Å². The maximum Gasteiger partial charge on any atom is 0.417 e. The van der Waals surface area contributed by atoms with Gasteiger partial charge in [-0.3, -0.25) is 9.59 Å². The van der Waals surface area contributed by atoms with E-state index in [9.17, 15) is 35.9 Å². The molecule has 0 N–H and O–H groups in total. The summed E-state index contributed by atoms with van der Waals surface area (Å²) in [6.45, 7) is 2.43. The van der Waals surface area contributed by atoms with Crippen molar-refractivity contribution in [2.75, 3.05) is 13.2 Å². The molecule has 0 amide bonds. The summed E-state index contributed by atoms with van der Waals surface area (Å²) in [6, 6.07) is 3.19. The molecule has 0 unspecified atom stereocenters. The lowest BCUT2D eigenvalue weighted by atomic mass is 9.94. The van der Waals surface area contributed by atoms with Crippen LogP contribution in [0.15, 0.2) is 30.3 Å². The third kappa shape index (κ3) is 7.01. The van der Waals surface area contributed by atoms with E-state index in [1.165, 1.54) is 13.8 Å². The number of hydrogen-bond donors (Lipinski definition) is 0. The van der Waals surface area contributed by atoms with E-state index in [0.717, 1.165) is 12.1 Å². The summed E-state index contributed by atoms with van der Waals surface area (Å²) in [5, 5.41) is -1.15. The monoisotopic (exact) mass is 576 g/mol. The first-order chi connectivity index (χ1) is 16.6. The van der Waals surface area contributed by atoms with Crippen LogP contribution >= 0.6 is 35.4 Å². The second kappa shape index (κ2) is 11.7. The van der Waals surface area contributed by atoms with Crippen LogP contribution < -0.4 is 4.74 Å². The third-order valence-corrected chi connectivity index (χ3v) is 5.43. The number of thiocarbonyl (C=S) groups is 1. The van der Waals surface area contributed by atoms with Gasteiger partial charge in [0.15, 0.2) is 11.7 Å². The normalized spacial score (nSPS) is 11.9. The van der Waals surface area contributed by atoms with Gasteiger partial charge in [-0.25, -0.2) is 0 Å². The van der Waals surface area contributed by atoms with Crippen molar-refractivity contribution in [1.82, 2.24) is 0 Å². The van der Waals surface area contributed by atoms with Crippen LogP contribution in [0.3, 0.4) is 0 Å². The minimum atomic E-state index is -4.98. The van der Waals surface area contributed by atoms with E-state index >= 15 is 0 Å². The van der Waals surface area contributed by atoms with Gasteiger partial charge in [-0.05, 0) is 44.2 Å². The highest BCUT2D eigenvalue weighted by molar-refractivity contribution is 7.81. The van der Waals surface area contributed by atoms with Crippen LogP contribution in [0.5, 0.6) is 11.5 Å². The zero-order valence-corrected chi connectivity index (χ0v) is 20.7. The Morgan fingerprint density at radius 3 is 1.81 bits per heavy atom. The molecule has 0 aliphatic rings. The molecule has 0 saturated carbocycles. The molecule has 2 aromatic carbocycles. The summed E-state index contributed by atoms with van der Waals surface area (Å²) in [6.07, 6.45) is -9.75. The summed E-state index contributed by atoms with van der Waals surface area (Å²) in [5.41, 5.74) is -3.28. The molecule has 2 aromatic rings. The second-order valence-electron chi connectivity index (χ2n) is 6.88. The number of hydrogen-bond acceptors (Lipinski definition) is 6. The Morgan fingerprint density at radius 1 is 0.889 bits per heavy atom. The van der Waals surface area contributed by atoms with Gasteiger partial charge in [0.1, 0.15) is 5.75 Å². The van der Waals surface area contributed by atoms with Gasteiger partial charge in [-0.2, -0.15) is 26.3 Å². The fraction of sp³-hybridized carbons (Fsp3) is 0.318. The number of alkyl halides is 6. The predicted molar refractivity (Wildman–Crippen MR) is 121 cm³/mol. The molecule has 0 heterocycles. The minimum absolute atomic E-state index is 0.197. The van der Waals surface area contributed by atoms with Gasteiger partial charge in [0.2, 0.25) is 0 Å². The molecular formula is C22H16Cl2F6O5S. The average molecular weight is 577 g/mol. The molecule has 0 aliphatic heterocycles. The van der Waals surface area contributed by atoms with E-state index in [-0.39, 0.29) is 19.0 Å². The van der Waals surface area contributed by atoms with E-state index in [2.05, 4.69) is 0 Å². The van der Waals surface area contributed by atoms with Crippen molar-refractivity contribution in [1.29, 1.82) is 0 Å². The summed E-state index contributed by atoms with van der Waals surface area (Å²) < 4.78 is 95.0. The minimum Gasteiger partial charge on any atom is -0.465 e. The molecule has 0 aromatic heterocycles. The molecule has 0 spiro atoms. The summed E-state index contributed by atoms with van der Waals surface area (Å²) in [4.78, 5) is 24.0. The zero-order valence-electron chi connectivity index (χ0n) is 18.4. The molecule has 0 atom stereocenters. The maximum atomic E-state index is 13.7. The number of carbonyl (C=O) groups is 2. The van der Waals surface area contributed by atoms with Gasteiger partial charge in [0.05, 0.1) is 34.4 Å². The molecule has 0 radical (unpaired) electrons. The van der Waals surface area contributed by atoms with E-state index in [4.69, 9.17) is 49.6 Å². The predicted octanol–water partition coefficient (Wildman–Crippen LogP) is 7.28. The quantitative estimate of drug-likeness (QED) is 0.108. The first-order valence-electron chi connectivity index (χ1n) is 9.94. The SMILES string of the molecule is CCOC(=O)C(C(=O)OCC)C(=S)c1cc(Oc2c(Cl)cc(C(F)(F)F)cc2Cl)ccc1C(F)(F)F. The standard InChI is InChI=1S/C22H16Cl2F6O5S/c1-3-33-19(31)16(20(32)34-4-2)18(36)12-9-11(5-6-13(12)22(28,29)30)35-17-14(23)7-10(8-15(17)24)21(25,26)27/h5-9,16H,3-4H2,1-2H3. The molecule has 14 heteroatoms. The van der Waals surface area contributed by atoms with E-state index in [1.54, 1.807) is 0 Å². The molecule has 0 bridgehead atoms. The van der Waals surface area contributed by atoms with Gasteiger partial charge in [-0.15, -0.1) is 0 Å². The number of carbonyl (C=O) groups excluding carboxylic acids is 2. The van der Waals surface area contributed by atoms with Crippen molar-refractivity contribution in [2.24, 2.45) is 5.92 Å². The van der Waals surface area contributed by atoms with E-state index in [0.29, 0.717) is 18.2 Å². The van der Waals surface area contributed by atoms with Gasteiger partial charge >= 0.3 is 24.3 Å². The Kier molecular flexibility index (Phi) is 9.60. The number of esters is 2. The van der Waals surface area contributed by atoms with Crippen LogP contribution in [-0.2, 0) is 31.4 Å². The molecule has 5 nitrogen and oxygen atoms in total. The Morgan fingerprint density at radius 2 is 1.39 bits per heavy atom. The van der Waals surface area contributed by atoms with Crippen LogP contribution in [0.2, 0.25) is 10.0 Å². The van der Waals surface area contributed by atoms with Gasteiger partial charge in [0.25, 0.3) is 0 Å². The van der Waals surface area contributed by atoms with Crippen molar-refractivity contribution in [3.05, 3.63) is 57.1 Å². The molecule has 0 fully saturated rings. The first kappa shape index (κ1) is 29.7. The first-order valence-corrected chi connectivity index (χ1v) is 11.1. The molecular weight excluding hydrogens is 561 g/mol. The van der Waals surface area contributed by atoms with Gasteiger partial charge in [0, 0.05) is 10.4 Å². The Hall–Kier alpha value is -2.57. The summed E-state index contributed by atoms with van der Waals surface area (Å²) in [5.74, 6) is -5.32. The fourth-order valence-electron chi connectivity index (χ4n) is 2.89. The topological polar surface area (TPSA) is 61.8 Å². The van der Waals surface area contributed by atoms with Crippen molar-refractivity contribution in [3.63, 3.8) is 0 Å². The maximum absolute atomic E-state index is 13.7. The van der Waals surface area contributed by atoms with E-state index < -0.39 is 67.6 Å². The molecule has 2 rings (SSSR count). The van der Waals surface area contributed by atoms with Crippen molar-refractivity contribution in [2.45, 2.75) is 26.2 Å².